The van der Waals surface area contributed by atoms with E-state index in [1.807, 2.05) is 12.1 Å². The van der Waals surface area contributed by atoms with Crippen molar-refractivity contribution in [1.82, 2.24) is 4.90 Å². The van der Waals surface area contributed by atoms with Crippen LogP contribution in [-0.4, -0.2) is 43.5 Å². The molecular formula is C26H26N2O6. The van der Waals surface area contributed by atoms with Crippen LogP contribution in [0.1, 0.15) is 27.5 Å². The summed E-state index contributed by atoms with van der Waals surface area (Å²) in [5.74, 6) is -0.965. The lowest BCUT2D eigenvalue weighted by molar-refractivity contribution is -0.142. The van der Waals surface area contributed by atoms with Crippen LogP contribution >= 0.6 is 0 Å². The number of carbonyl (C=O) groups excluding carboxylic acids is 3. The molecule has 0 aliphatic heterocycles. The van der Waals surface area contributed by atoms with Crippen LogP contribution in [0.25, 0.3) is 0 Å². The molecule has 3 rings (SSSR count). The minimum absolute atomic E-state index is 0.0733. The summed E-state index contributed by atoms with van der Waals surface area (Å²) in [5.41, 5.74) is 7.28. The molecule has 3 aromatic rings. The number of benzene rings is 3. The molecule has 0 aromatic heterocycles. The van der Waals surface area contributed by atoms with Gasteiger partial charge in [-0.05, 0) is 35.4 Å². The third-order valence-electron chi connectivity index (χ3n) is 5.14. The molecule has 0 bridgehead atoms. The van der Waals surface area contributed by atoms with Gasteiger partial charge in [-0.1, -0.05) is 54.6 Å². The minimum Gasteiger partial charge on any atom is -0.497 e. The fraction of sp³-hybridized carbons (Fsp3) is 0.192. The standard InChI is InChI=1S/C26H26N2O6/c1-32-20-12-8-9-18(15-20)16-28(24(25(27)30)19-10-4-3-5-11-19)26(31)21-13-6-7-14-22(21)34-17-23(29)33-2/h3-15,24H,16-17H2,1-2H3,(H2,27,30)/t24-/m1/s1. The van der Waals surface area contributed by atoms with E-state index < -0.39 is 23.8 Å². The monoisotopic (exact) mass is 462 g/mol. The summed E-state index contributed by atoms with van der Waals surface area (Å²) >= 11 is 0. The largest absolute Gasteiger partial charge is 0.497 e. The molecule has 0 saturated carbocycles. The number of nitrogens with two attached hydrogens (primary N) is 1. The van der Waals surface area contributed by atoms with E-state index in [4.69, 9.17) is 15.2 Å². The van der Waals surface area contributed by atoms with E-state index in [0.29, 0.717) is 11.3 Å². The molecule has 0 fully saturated rings. The van der Waals surface area contributed by atoms with Gasteiger partial charge >= 0.3 is 5.97 Å². The maximum Gasteiger partial charge on any atom is 0.343 e. The van der Waals surface area contributed by atoms with Crippen molar-refractivity contribution in [1.29, 1.82) is 0 Å². The molecule has 8 heteroatoms. The predicted octanol–water partition coefficient (Wildman–Crippen LogP) is 3.12. The number of primary amides is 1. The molecule has 3 aromatic carbocycles. The fourth-order valence-electron chi connectivity index (χ4n) is 3.50. The summed E-state index contributed by atoms with van der Waals surface area (Å²) in [6.07, 6.45) is 0. The Morgan fingerprint density at radius 1 is 0.912 bits per heavy atom. The van der Waals surface area contributed by atoms with Gasteiger partial charge in [-0.25, -0.2) is 4.79 Å². The third-order valence-corrected chi connectivity index (χ3v) is 5.14. The van der Waals surface area contributed by atoms with Crippen LogP contribution in [0, 0.1) is 0 Å². The van der Waals surface area contributed by atoms with Gasteiger partial charge in [-0.15, -0.1) is 0 Å². The molecule has 176 valence electrons. The van der Waals surface area contributed by atoms with Gasteiger partial charge in [0.2, 0.25) is 5.91 Å². The topological polar surface area (TPSA) is 108 Å². The molecule has 0 aliphatic rings. The maximum atomic E-state index is 13.8. The van der Waals surface area contributed by atoms with Gasteiger partial charge in [0.1, 0.15) is 17.5 Å². The minimum atomic E-state index is -1.05. The number of para-hydroxylation sites is 1. The molecule has 2 amide bonds. The molecule has 0 heterocycles. The lowest BCUT2D eigenvalue weighted by Crippen LogP contribution is -2.41. The molecule has 0 aliphatic carbocycles. The highest BCUT2D eigenvalue weighted by Gasteiger charge is 2.32. The second-order valence-corrected chi connectivity index (χ2v) is 7.36. The second kappa shape index (κ2) is 11.5. The summed E-state index contributed by atoms with van der Waals surface area (Å²) in [4.78, 5) is 39.4. The Balaban J connectivity index is 2.05. The molecular weight excluding hydrogens is 436 g/mol. The molecule has 0 spiro atoms. The van der Waals surface area contributed by atoms with Crippen molar-refractivity contribution < 1.29 is 28.6 Å². The van der Waals surface area contributed by atoms with Gasteiger partial charge in [0.25, 0.3) is 5.91 Å². The van der Waals surface area contributed by atoms with Crippen molar-refractivity contribution in [2.75, 3.05) is 20.8 Å². The number of hydrogen-bond donors (Lipinski definition) is 1. The summed E-state index contributed by atoms with van der Waals surface area (Å²) in [7, 11) is 2.79. The van der Waals surface area contributed by atoms with Crippen molar-refractivity contribution >= 4 is 17.8 Å². The van der Waals surface area contributed by atoms with Crippen LogP contribution in [-0.2, 0) is 20.9 Å². The highest BCUT2D eigenvalue weighted by Crippen LogP contribution is 2.29. The van der Waals surface area contributed by atoms with Crippen molar-refractivity contribution in [2.45, 2.75) is 12.6 Å². The van der Waals surface area contributed by atoms with E-state index in [1.165, 1.54) is 12.0 Å². The lowest BCUT2D eigenvalue weighted by atomic mass is 10.0. The Labute approximate surface area is 197 Å². The number of esters is 1. The third kappa shape index (κ3) is 5.92. The SMILES string of the molecule is COC(=O)COc1ccccc1C(=O)N(Cc1cccc(OC)c1)[C@@H](C(N)=O)c1ccccc1. The summed E-state index contributed by atoms with van der Waals surface area (Å²) < 4.78 is 15.5. The highest BCUT2D eigenvalue weighted by atomic mass is 16.6. The van der Waals surface area contributed by atoms with Gasteiger partial charge in [-0.3, -0.25) is 9.59 Å². The molecule has 8 nitrogen and oxygen atoms in total. The normalized spacial score (nSPS) is 11.2. The first-order chi connectivity index (χ1) is 16.4. The van der Waals surface area contributed by atoms with Crippen molar-refractivity contribution in [3.05, 3.63) is 95.6 Å². The molecule has 2 N–H and O–H groups in total. The predicted molar refractivity (Wildman–Crippen MR) is 125 cm³/mol. The molecule has 0 unspecified atom stereocenters. The number of hydrogen-bond acceptors (Lipinski definition) is 6. The number of carbonyl (C=O) groups is 3. The van der Waals surface area contributed by atoms with Crippen LogP contribution in [0.5, 0.6) is 11.5 Å². The number of methoxy groups -OCH3 is 2. The fourth-order valence-corrected chi connectivity index (χ4v) is 3.50. The molecule has 0 radical (unpaired) electrons. The average Bonchev–Trinajstić information content (AvgIpc) is 2.87. The molecule has 1 atom stereocenters. The number of nitrogens with zero attached hydrogens (tertiary/aromatic N) is 1. The lowest BCUT2D eigenvalue weighted by Gasteiger charge is -2.31. The Bertz CT molecular complexity index is 1150. The van der Waals surface area contributed by atoms with Crippen LogP contribution in [0.15, 0.2) is 78.9 Å². The van der Waals surface area contributed by atoms with Gasteiger partial charge in [0, 0.05) is 6.54 Å². The zero-order chi connectivity index (χ0) is 24.5. The number of ether oxygens (including phenoxy) is 3. The van der Waals surface area contributed by atoms with Crippen molar-refractivity contribution in [3.8, 4) is 11.5 Å². The van der Waals surface area contributed by atoms with E-state index in [2.05, 4.69) is 4.74 Å². The van der Waals surface area contributed by atoms with Crippen molar-refractivity contribution in [3.63, 3.8) is 0 Å². The summed E-state index contributed by atoms with van der Waals surface area (Å²) in [6.45, 7) is -0.293. The quantitative estimate of drug-likeness (QED) is 0.464. The number of rotatable bonds is 10. The van der Waals surface area contributed by atoms with E-state index in [-0.39, 0.29) is 24.5 Å². The average molecular weight is 463 g/mol. The van der Waals surface area contributed by atoms with Crippen LogP contribution in [0.2, 0.25) is 0 Å². The van der Waals surface area contributed by atoms with E-state index in [1.54, 1.807) is 73.8 Å². The van der Waals surface area contributed by atoms with Gasteiger partial charge in [0.15, 0.2) is 6.61 Å². The van der Waals surface area contributed by atoms with E-state index in [0.717, 1.165) is 5.56 Å². The number of amides is 2. The van der Waals surface area contributed by atoms with Crippen LogP contribution in [0.4, 0.5) is 0 Å². The first-order valence-electron chi connectivity index (χ1n) is 10.5. The first kappa shape index (κ1) is 24.3. The van der Waals surface area contributed by atoms with E-state index in [9.17, 15) is 14.4 Å². The Morgan fingerprint density at radius 3 is 2.29 bits per heavy atom. The van der Waals surface area contributed by atoms with Crippen LogP contribution < -0.4 is 15.2 Å². The smallest absolute Gasteiger partial charge is 0.343 e. The van der Waals surface area contributed by atoms with Crippen molar-refractivity contribution in [2.24, 2.45) is 5.73 Å². The van der Waals surface area contributed by atoms with Gasteiger partial charge in [-0.2, -0.15) is 0 Å². The Hall–Kier alpha value is -4.33. The Kier molecular flexibility index (Phi) is 8.23. The Morgan fingerprint density at radius 2 is 1.62 bits per heavy atom. The zero-order valence-electron chi connectivity index (χ0n) is 19.0. The maximum absolute atomic E-state index is 13.8. The van der Waals surface area contributed by atoms with Crippen LogP contribution in [0.3, 0.4) is 0 Å². The van der Waals surface area contributed by atoms with Gasteiger partial charge < -0.3 is 24.8 Å². The zero-order valence-corrected chi connectivity index (χ0v) is 19.0. The molecule has 0 saturated heterocycles. The second-order valence-electron chi connectivity index (χ2n) is 7.36. The van der Waals surface area contributed by atoms with E-state index >= 15 is 0 Å². The summed E-state index contributed by atoms with van der Waals surface area (Å²) in [5, 5.41) is 0. The van der Waals surface area contributed by atoms with Gasteiger partial charge in [0.05, 0.1) is 19.8 Å². The first-order valence-corrected chi connectivity index (χ1v) is 10.5. The summed E-state index contributed by atoms with van der Waals surface area (Å²) in [6, 6.07) is 21.5. The highest BCUT2D eigenvalue weighted by molar-refractivity contribution is 5.99. The molecule has 34 heavy (non-hydrogen) atoms.